The van der Waals surface area contributed by atoms with Crippen molar-refractivity contribution in [2.45, 2.75) is 11.0 Å². The average molecular weight is 312 g/mol. The second-order valence-corrected chi connectivity index (χ2v) is 4.95. The molecule has 0 saturated heterocycles. The maximum Gasteiger partial charge on any atom is 0.333 e. The Balaban J connectivity index is 0.000000494. The highest BCUT2D eigenvalue weighted by Crippen LogP contribution is 2.26. The number of rotatable bonds is 2. The van der Waals surface area contributed by atoms with Gasteiger partial charge in [-0.2, -0.15) is 14.4 Å². The van der Waals surface area contributed by atoms with Gasteiger partial charge in [0.2, 0.25) is 12.2 Å². The second-order valence-electron chi connectivity index (χ2n) is 2.81. The molecule has 4 nitrogen and oxygen atoms in total. The highest BCUT2D eigenvalue weighted by atomic mass is 35.6. The summed E-state index contributed by atoms with van der Waals surface area (Å²) >= 11 is 13.2. The summed E-state index contributed by atoms with van der Waals surface area (Å²) in [5.41, 5.74) is 1.72. The van der Waals surface area contributed by atoms with Crippen molar-refractivity contribution < 1.29 is 14.0 Å². The van der Waals surface area contributed by atoms with Gasteiger partial charge < -0.3 is 0 Å². The molecule has 0 unspecified atom stereocenters. The molecule has 0 aromatic heterocycles. The Bertz CT molecular complexity index is 498. The van der Waals surface area contributed by atoms with Gasteiger partial charge in [0.25, 0.3) is 0 Å². The van der Waals surface area contributed by atoms with Gasteiger partial charge in [0.15, 0.2) is 0 Å². The van der Waals surface area contributed by atoms with E-state index in [0.29, 0.717) is 11.4 Å². The van der Waals surface area contributed by atoms with Crippen LogP contribution in [-0.4, -0.2) is 16.2 Å². The standard InChI is InChI=1S/C9H6N2O2.CCl3F/c1-7-2-3-8(10-5-12)4-9(7)11-6-13;2-1(3,4)5/h2-4H,1H3;. The first-order valence-corrected chi connectivity index (χ1v) is 5.43. The lowest BCUT2D eigenvalue weighted by Gasteiger charge is -1.97. The van der Waals surface area contributed by atoms with E-state index in [1.807, 2.05) is 0 Å². The first-order chi connectivity index (χ1) is 8.27. The van der Waals surface area contributed by atoms with Crippen LogP contribution in [0, 0.1) is 6.92 Å². The van der Waals surface area contributed by atoms with Crippen molar-refractivity contribution in [2.24, 2.45) is 9.98 Å². The minimum Gasteiger partial charge on any atom is -0.211 e. The third kappa shape index (κ3) is 8.88. The van der Waals surface area contributed by atoms with Crippen LogP contribution in [0.5, 0.6) is 0 Å². The summed E-state index contributed by atoms with van der Waals surface area (Å²) in [5, 5.41) is 0. The number of hydrogen-bond acceptors (Lipinski definition) is 4. The predicted octanol–water partition coefficient (Wildman–Crippen LogP) is 4.21. The number of aryl methyl sites for hydroxylation is 1. The van der Waals surface area contributed by atoms with Crippen molar-refractivity contribution in [1.29, 1.82) is 0 Å². The summed E-state index contributed by atoms with van der Waals surface area (Å²) < 4.78 is 8.40. The Kier molecular flexibility index (Phi) is 7.44. The Hall–Kier alpha value is -1.22. The van der Waals surface area contributed by atoms with E-state index in [9.17, 15) is 14.0 Å². The highest BCUT2D eigenvalue weighted by Gasteiger charge is 2.14. The maximum atomic E-state index is 11.0. The topological polar surface area (TPSA) is 58.9 Å². The molecule has 1 aromatic rings. The third-order valence-corrected chi connectivity index (χ3v) is 1.53. The first kappa shape index (κ1) is 16.8. The fourth-order valence-corrected chi connectivity index (χ4v) is 0.890. The lowest BCUT2D eigenvalue weighted by Crippen LogP contribution is -1.83. The number of alkyl halides is 4. The average Bonchev–Trinajstić information content (AvgIpc) is 2.21. The number of hydrogen-bond donors (Lipinski definition) is 0. The Morgan fingerprint density at radius 1 is 1.17 bits per heavy atom. The lowest BCUT2D eigenvalue weighted by atomic mass is 10.2. The zero-order chi connectivity index (χ0) is 14.2. The normalized spacial score (nSPS) is 9.39. The fraction of sp³-hybridized carbons (Fsp3) is 0.200. The number of benzene rings is 1. The molecule has 0 amide bonds. The molecule has 0 saturated carbocycles. The van der Waals surface area contributed by atoms with Gasteiger partial charge in [-0.1, -0.05) is 6.07 Å². The monoisotopic (exact) mass is 310 g/mol. The number of isocyanates is 2. The molecule has 0 aliphatic carbocycles. The SMILES string of the molecule is Cc1ccc(N=C=O)cc1N=C=O.FC(Cl)(Cl)Cl. The largest absolute Gasteiger partial charge is 0.333 e. The molecule has 0 N–H and O–H groups in total. The molecule has 0 fully saturated rings. The van der Waals surface area contributed by atoms with E-state index < -0.39 is 4.05 Å². The van der Waals surface area contributed by atoms with Gasteiger partial charge in [0.1, 0.15) is 0 Å². The van der Waals surface area contributed by atoms with Crippen LogP contribution < -0.4 is 0 Å². The van der Waals surface area contributed by atoms with E-state index in [0.717, 1.165) is 5.56 Å². The van der Waals surface area contributed by atoms with Crippen molar-refractivity contribution in [3.05, 3.63) is 23.8 Å². The predicted molar refractivity (Wildman–Crippen MR) is 68.1 cm³/mol. The van der Waals surface area contributed by atoms with Crippen LogP contribution in [0.2, 0.25) is 0 Å². The smallest absolute Gasteiger partial charge is 0.211 e. The van der Waals surface area contributed by atoms with E-state index in [1.165, 1.54) is 18.2 Å². The fourth-order valence-electron chi connectivity index (χ4n) is 0.890. The second kappa shape index (κ2) is 7.98. The molecule has 0 bridgehead atoms. The van der Waals surface area contributed by atoms with Crippen molar-refractivity contribution in [3.8, 4) is 0 Å². The van der Waals surface area contributed by atoms with Gasteiger partial charge in [-0.05, 0) is 59.4 Å². The Morgan fingerprint density at radius 3 is 2.11 bits per heavy atom. The minimum atomic E-state index is -2.58. The van der Waals surface area contributed by atoms with Crippen LogP contribution in [0.4, 0.5) is 15.8 Å². The Labute approximate surface area is 117 Å². The molecule has 0 aliphatic rings. The van der Waals surface area contributed by atoms with Crippen LogP contribution in [0.1, 0.15) is 5.56 Å². The summed E-state index contributed by atoms with van der Waals surface area (Å²) in [5.74, 6) is 0. The number of carbonyl (C=O) groups excluding carboxylic acids is 2. The van der Waals surface area contributed by atoms with Crippen LogP contribution in [0.3, 0.4) is 0 Å². The number of aliphatic imine (C=N–C) groups is 2. The quantitative estimate of drug-likeness (QED) is 0.466. The minimum absolute atomic E-state index is 0.426. The summed E-state index contributed by atoms with van der Waals surface area (Å²) in [7, 11) is 0. The zero-order valence-electron chi connectivity index (χ0n) is 8.95. The maximum absolute atomic E-state index is 11.0. The van der Waals surface area contributed by atoms with Crippen molar-refractivity contribution in [3.63, 3.8) is 0 Å². The molecular weight excluding hydrogens is 305 g/mol. The van der Waals surface area contributed by atoms with Gasteiger partial charge >= 0.3 is 4.05 Å². The van der Waals surface area contributed by atoms with Crippen molar-refractivity contribution in [1.82, 2.24) is 0 Å². The van der Waals surface area contributed by atoms with Crippen LogP contribution in [0.25, 0.3) is 0 Å². The third-order valence-electron chi connectivity index (χ3n) is 1.53. The van der Waals surface area contributed by atoms with Gasteiger partial charge in [-0.15, -0.1) is 0 Å². The van der Waals surface area contributed by atoms with E-state index in [-0.39, 0.29) is 0 Å². The van der Waals surface area contributed by atoms with Crippen LogP contribution >= 0.6 is 34.8 Å². The number of halogens is 4. The molecule has 1 aromatic carbocycles. The zero-order valence-corrected chi connectivity index (χ0v) is 11.2. The summed E-state index contributed by atoms with van der Waals surface area (Å²) in [6, 6.07) is 4.88. The summed E-state index contributed by atoms with van der Waals surface area (Å²) in [6.45, 7) is 1.80. The first-order valence-electron chi connectivity index (χ1n) is 4.30. The van der Waals surface area contributed by atoms with Crippen molar-refractivity contribution >= 4 is 58.3 Å². The van der Waals surface area contributed by atoms with E-state index in [1.54, 1.807) is 19.1 Å². The molecule has 96 valence electrons. The summed E-state index contributed by atoms with van der Waals surface area (Å²) in [6.07, 6.45) is 2.84. The molecule has 1 rings (SSSR count). The molecule has 0 heterocycles. The Morgan fingerprint density at radius 2 is 1.67 bits per heavy atom. The molecule has 0 radical (unpaired) electrons. The van der Waals surface area contributed by atoms with Crippen LogP contribution in [0.15, 0.2) is 28.2 Å². The van der Waals surface area contributed by atoms with Gasteiger partial charge in [0.05, 0.1) is 11.4 Å². The lowest BCUT2D eigenvalue weighted by molar-refractivity contribution is 0.507. The van der Waals surface area contributed by atoms with Gasteiger partial charge in [-0.25, -0.2) is 9.59 Å². The molecule has 0 spiro atoms. The highest BCUT2D eigenvalue weighted by molar-refractivity contribution is 6.66. The van der Waals surface area contributed by atoms with E-state index >= 15 is 0 Å². The molecule has 0 aliphatic heterocycles. The van der Waals surface area contributed by atoms with E-state index in [4.69, 9.17) is 0 Å². The number of nitrogens with zero attached hydrogens (tertiary/aromatic N) is 2. The van der Waals surface area contributed by atoms with Gasteiger partial charge in [-0.3, -0.25) is 0 Å². The van der Waals surface area contributed by atoms with E-state index in [2.05, 4.69) is 44.8 Å². The molecule has 8 heteroatoms. The van der Waals surface area contributed by atoms with Crippen LogP contribution in [-0.2, 0) is 9.59 Å². The molecule has 18 heavy (non-hydrogen) atoms. The molecule has 0 atom stereocenters. The van der Waals surface area contributed by atoms with Crippen molar-refractivity contribution in [2.75, 3.05) is 0 Å². The molecular formula is C10H6Cl3FN2O2. The summed E-state index contributed by atoms with van der Waals surface area (Å²) in [4.78, 5) is 26.8. The van der Waals surface area contributed by atoms with Gasteiger partial charge in [0, 0.05) is 0 Å².